The Morgan fingerprint density at radius 1 is 1.29 bits per heavy atom. The fourth-order valence-corrected chi connectivity index (χ4v) is 1.27. The topological polar surface area (TPSA) is 61.5 Å². The lowest BCUT2D eigenvalue weighted by atomic mass is 10.1. The zero-order chi connectivity index (χ0) is 10.6. The monoisotopic (exact) mass is 195 g/mol. The van der Waals surface area contributed by atoms with Crippen molar-refractivity contribution >= 4 is 6.29 Å². The highest BCUT2D eigenvalue weighted by molar-refractivity contribution is 5.77. The standard InChI is InChI=1S/C10H13NO3/c1-13-9-3-7(6-12)4-10(14-2)8(9)5-11/h3-4,6H,5,11H2,1-2H3. The largest absolute Gasteiger partial charge is 0.496 e. The van der Waals surface area contributed by atoms with Crippen molar-refractivity contribution in [3.63, 3.8) is 0 Å². The maximum Gasteiger partial charge on any atom is 0.150 e. The summed E-state index contributed by atoms with van der Waals surface area (Å²) in [6.45, 7) is 0.311. The molecule has 0 aliphatic heterocycles. The Morgan fingerprint density at radius 2 is 1.79 bits per heavy atom. The van der Waals surface area contributed by atoms with Crippen molar-refractivity contribution in [2.24, 2.45) is 5.73 Å². The minimum Gasteiger partial charge on any atom is -0.496 e. The zero-order valence-corrected chi connectivity index (χ0v) is 8.24. The molecule has 0 saturated heterocycles. The van der Waals surface area contributed by atoms with E-state index in [-0.39, 0.29) is 0 Å². The number of ether oxygens (including phenoxy) is 2. The first-order valence-corrected chi connectivity index (χ1v) is 4.17. The summed E-state index contributed by atoms with van der Waals surface area (Å²) in [5.74, 6) is 1.16. The molecule has 0 radical (unpaired) electrons. The summed E-state index contributed by atoms with van der Waals surface area (Å²) in [7, 11) is 3.06. The van der Waals surface area contributed by atoms with Crippen molar-refractivity contribution in [1.29, 1.82) is 0 Å². The van der Waals surface area contributed by atoms with E-state index in [9.17, 15) is 4.79 Å². The lowest BCUT2D eigenvalue weighted by Crippen LogP contribution is -2.03. The SMILES string of the molecule is COc1cc(C=O)cc(OC)c1CN. The molecule has 0 heterocycles. The van der Waals surface area contributed by atoms with Gasteiger partial charge in [0.2, 0.25) is 0 Å². The second-order valence-electron chi connectivity index (χ2n) is 2.73. The minimum absolute atomic E-state index is 0.311. The molecule has 14 heavy (non-hydrogen) atoms. The van der Waals surface area contributed by atoms with Crippen molar-refractivity contribution in [2.45, 2.75) is 6.54 Å². The number of hydrogen-bond acceptors (Lipinski definition) is 4. The first-order valence-electron chi connectivity index (χ1n) is 4.17. The molecule has 0 bridgehead atoms. The highest BCUT2D eigenvalue weighted by Gasteiger charge is 2.10. The quantitative estimate of drug-likeness (QED) is 0.727. The third-order valence-corrected chi connectivity index (χ3v) is 1.97. The molecule has 0 unspecified atom stereocenters. The van der Waals surface area contributed by atoms with Gasteiger partial charge in [0.15, 0.2) is 0 Å². The van der Waals surface area contributed by atoms with E-state index in [2.05, 4.69) is 0 Å². The van der Waals surface area contributed by atoms with Crippen LogP contribution in [0.4, 0.5) is 0 Å². The Hall–Kier alpha value is -1.55. The number of methoxy groups -OCH3 is 2. The fourth-order valence-electron chi connectivity index (χ4n) is 1.27. The van der Waals surface area contributed by atoms with Gasteiger partial charge in [0.1, 0.15) is 17.8 Å². The van der Waals surface area contributed by atoms with Gasteiger partial charge >= 0.3 is 0 Å². The van der Waals surface area contributed by atoms with Crippen LogP contribution in [-0.4, -0.2) is 20.5 Å². The van der Waals surface area contributed by atoms with Gasteiger partial charge in [0, 0.05) is 17.7 Å². The second-order valence-corrected chi connectivity index (χ2v) is 2.73. The average molecular weight is 195 g/mol. The molecule has 0 aliphatic rings. The Kier molecular flexibility index (Phi) is 3.48. The number of carbonyl (C=O) groups is 1. The van der Waals surface area contributed by atoms with E-state index in [0.717, 1.165) is 11.8 Å². The summed E-state index contributed by atoms with van der Waals surface area (Å²) in [5.41, 5.74) is 6.82. The number of aldehydes is 1. The van der Waals surface area contributed by atoms with Crippen molar-refractivity contribution in [1.82, 2.24) is 0 Å². The average Bonchev–Trinajstić information content (AvgIpc) is 2.26. The zero-order valence-electron chi connectivity index (χ0n) is 8.24. The molecular weight excluding hydrogens is 182 g/mol. The van der Waals surface area contributed by atoms with E-state index in [0.29, 0.717) is 23.6 Å². The molecule has 1 aromatic carbocycles. The molecule has 0 saturated carbocycles. The molecule has 1 rings (SSSR count). The molecule has 0 spiro atoms. The van der Waals surface area contributed by atoms with Gasteiger partial charge in [-0.05, 0) is 12.1 Å². The first kappa shape index (κ1) is 10.5. The van der Waals surface area contributed by atoms with Crippen LogP contribution in [-0.2, 0) is 6.54 Å². The van der Waals surface area contributed by atoms with Gasteiger partial charge in [-0.25, -0.2) is 0 Å². The van der Waals surface area contributed by atoms with Crippen LogP contribution in [0.2, 0.25) is 0 Å². The smallest absolute Gasteiger partial charge is 0.150 e. The fraction of sp³-hybridized carbons (Fsp3) is 0.300. The van der Waals surface area contributed by atoms with Gasteiger partial charge in [-0.2, -0.15) is 0 Å². The predicted octanol–water partition coefficient (Wildman–Crippen LogP) is 0.975. The van der Waals surface area contributed by atoms with Crippen molar-refractivity contribution < 1.29 is 14.3 Å². The molecule has 4 nitrogen and oxygen atoms in total. The third-order valence-electron chi connectivity index (χ3n) is 1.97. The Labute approximate surface area is 82.6 Å². The number of nitrogens with two attached hydrogens (primary N) is 1. The molecule has 0 aromatic heterocycles. The van der Waals surface area contributed by atoms with Crippen molar-refractivity contribution in [2.75, 3.05) is 14.2 Å². The predicted molar refractivity (Wildman–Crippen MR) is 52.8 cm³/mol. The van der Waals surface area contributed by atoms with Crippen LogP contribution in [0.1, 0.15) is 15.9 Å². The summed E-state index contributed by atoms with van der Waals surface area (Å²) < 4.78 is 10.2. The minimum atomic E-state index is 0.311. The van der Waals surface area contributed by atoms with E-state index in [1.54, 1.807) is 12.1 Å². The lowest BCUT2D eigenvalue weighted by Gasteiger charge is -2.12. The summed E-state index contributed by atoms with van der Waals surface area (Å²) in [5, 5.41) is 0. The van der Waals surface area contributed by atoms with Gasteiger partial charge in [-0.15, -0.1) is 0 Å². The van der Waals surface area contributed by atoms with Crippen LogP contribution in [0.5, 0.6) is 11.5 Å². The number of carbonyl (C=O) groups excluding carboxylic acids is 1. The highest BCUT2D eigenvalue weighted by Crippen LogP contribution is 2.29. The molecule has 2 N–H and O–H groups in total. The Bertz CT molecular complexity index is 311. The van der Waals surface area contributed by atoms with Gasteiger partial charge in [-0.1, -0.05) is 0 Å². The maximum atomic E-state index is 10.6. The maximum absolute atomic E-state index is 10.6. The van der Waals surface area contributed by atoms with E-state index < -0.39 is 0 Å². The van der Waals surface area contributed by atoms with Gasteiger partial charge < -0.3 is 15.2 Å². The number of benzene rings is 1. The Balaban J connectivity index is 3.31. The van der Waals surface area contributed by atoms with Gasteiger partial charge in [0.05, 0.1) is 14.2 Å². The van der Waals surface area contributed by atoms with Crippen LogP contribution in [0.25, 0.3) is 0 Å². The van der Waals surface area contributed by atoms with E-state index in [1.807, 2.05) is 0 Å². The molecule has 0 amide bonds. The van der Waals surface area contributed by atoms with Crippen LogP contribution in [0, 0.1) is 0 Å². The van der Waals surface area contributed by atoms with Crippen LogP contribution in [0.3, 0.4) is 0 Å². The Morgan fingerprint density at radius 3 is 2.07 bits per heavy atom. The van der Waals surface area contributed by atoms with Crippen LogP contribution >= 0.6 is 0 Å². The van der Waals surface area contributed by atoms with E-state index >= 15 is 0 Å². The van der Waals surface area contributed by atoms with Gasteiger partial charge in [0.25, 0.3) is 0 Å². The molecule has 0 fully saturated rings. The molecule has 1 aromatic rings. The molecule has 76 valence electrons. The molecule has 4 heteroatoms. The highest BCUT2D eigenvalue weighted by atomic mass is 16.5. The summed E-state index contributed by atoms with van der Waals surface area (Å²) in [6.07, 6.45) is 0.741. The normalized spacial score (nSPS) is 9.64. The van der Waals surface area contributed by atoms with Crippen molar-refractivity contribution in [3.8, 4) is 11.5 Å². The van der Waals surface area contributed by atoms with E-state index in [1.165, 1.54) is 14.2 Å². The summed E-state index contributed by atoms with van der Waals surface area (Å²) >= 11 is 0. The third kappa shape index (κ3) is 1.85. The van der Waals surface area contributed by atoms with Crippen LogP contribution < -0.4 is 15.2 Å². The first-order chi connectivity index (χ1) is 6.76. The molecular formula is C10H13NO3. The molecule has 0 aliphatic carbocycles. The number of rotatable bonds is 4. The van der Waals surface area contributed by atoms with Gasteiger partial charge in [-0.3, -0.25) is 4.79 Å². The lowest BCUT2D eigenvalue weighted by molar-refractivity contribution is 0.112. The second kappa shape index (κ2) is 4.62. The summed E-state index contributed by atoms with van der Waals surface area (Å²) in [4.78, 5) is 10.6. The van der Waals surface area contributed by atoms with Crippen molar-refractivity contribution in [3.05, 3.63) is 23.3 Å². The molecule has 0 atom stereocenters. The van der Waals surface area contributed by atoms with E-state index in [4.69, 9.17) is 15.2 Å². The number of hydrogen-bond donors (Lipinski definition) is 1. The summed E-state index contributed by atoms with van der Waals surface area (Å²) in [6, 6.07) is 3.27. The van der Waals surface area contributed by atoms with Crippen LogP contribution in [0.15, 0.2) is 12.1 Å².